The number of rotatable bonds is 7. The summed E-state index contributed by atoms with van der Waals surface area (Å²) in [6.45, 7) is 3.21. The minimum atomic E-state index is -1.11. The summed E-state index contributed by atoms with van der Waals surface area (Å²) < 4.78 is -0.829. The Bertz CT molecular complexity index is 354. The second-order valence-corrected chi connectivity index (χ2v) is 5.87. The zero-order chi connectivity index (χ0) is 15.2. The van der Waals surface area contributed by atoms with Gasteiger partial charge in [-0.25, -0.2) is 0 Å². The van der Waals surface area contributed by atoms with Gasteiger partial charge in [0.25, 0.3) is 0 Å². The maximum absolute atomic E-state index is 12.1. The van der Waals surface area contributed by atoms with Gasteiger partial charge in [-0.15, -0.1) is 0 Å². The minimum absolute atomic E-state index is 0.0712. The first kappa shape index (κ1) is 17.7. The fourth-order valence-electron chi connectivity index (χ4n) is 1.52. The number of likely N-dealkylation sites (N-methyl/N-ethyl adjacent to an activating group) is 1. The van der Waals surface area contributed by atoms with Crippen molar-refractivity contribution in [2.75, 3.05) is 13.6 Å². The van der Waals surface area contributed by atoms with Crippen LogP contribution in [0.15, 0.2) is 0 Å². The van der Waals surface area contributed by atoms with Crippen molar-refractivity contribution in [1.82, 2.24) is 10.6 Å². The Morgan fingerprint density at radius 3 is 2.16 bits per heavy atom. The first-order valence-electron chi connectivity index (χ1n) is 5.79. The number of thiol groups is 1. The smallest absolute Gasteiger partial charge is 0.304 e. The lowest BCUT2D eigenvalue weighted by atomic mass is 9.90. The molecule has 2 unspecified atom stereocenters. The number of hydrogen-bond acceptors (Lipinski definition) is 5. The van der Waals surface area contributed by atoms with E-state index in [9.17, 15) is 14.4 Å². The fourth-order valence-corrected chi connectivity index (χ4v) is 1.72. The maximum atomic E-state index is 12.1. The summed E-state index contributed by atoms with van der Waals surface area (Å²) in [7, 11) is 1.43. The molecule has 0 spiro atoms. The molecule has 0 aliphatic carbocycles. The second kappa shape index (κ2) is 7.34. The topological polar surface area (TPSA) is 122 Å². The maximum Gasteiger partial charge on any atom is 0.304 e. The number of carbonyl (C=O) groups excluding carboxylic acids is 2. The van der Waals surface area contributed by atoms with E-state index in [0.29, 0.717) is 0 Å². The number of nitrogens with two attached hydrogens (primary N) is 1. The van der Waals surface area contributed by atoms with Gasteiger partial charge in [0.1, 0.15) is 6.04 Å². The quantitative estimate of drug-likeness (QED) is 0.384. The summed E-state index contributed by atoms with van der Waals surface area (Å²) in [4.78, 5) is 34.3. The van der Waals surface area contributed by atoms with Crippen molar-refractivity contribution < 1.29 is 19.5 Å². The number of nitrogens with one attached hydrogen (secondary N) is 2. The van der Waals surface area contributed by atoms with Crippen molar-refractivity contribution in [2.24, 2.45) is 11.7 Å². The lowest BCUT2D eigenvalue weighted by molar-refractivity contribution is -0.142. The standard InChI is InChI=1S/C11H21N3O4S/c1-11(2,19)6(4-8(15)16)9(17)14-7(5-12)10(18)13-3/h6-7,19H,4-5,12H2,1-3H3,(H,13,18)(H,14,17)(H,15,16). The van der Waals surface area contributed by atoms with Crippen molar-refractivity contribution in [3.05, 3.63) is 0 Å². The van der Waals surface area contributed by atoms with Crippen molar-refractivity contribution >= 4 is 30.4 Å². The molecule has 110 valence electrons. The van der Waals surface area contributed by atoms with E-state index in [4.69, 9.17) is 10.8 Å². The third kappa shape index (κ3) is 5.93. The number of aliphatic carboxylic acids is 1. The van der Waals surface area contributed by atoms with Crippen LogP contribution in [-0.2, 0) is 14.4 Å². The van der Waals surface area contributed by atoms with Crippen LogP contribution in [0.25, 0.3) is 0 Å². The summed E-state index contributed by atoms with van der Waals surface area (Å²) in [5, 5.41) is 13.6. The largest absolute Gasteiger partial charge is 0.481 e. The van der Waals surface area contributed by atoms with E-state index in [0.717, 1.165) is 0 Å². The molecule has 0 aromatic heterocycles. The molecule has 0 aliphatic rings. The van der Waals surface area contributed by atoms with E-state index in [1.54, 1.807) is 13.8 Å². The van der Waals surface area contributed by atoms with E-state index in [1.807, 2.05) is 0 Å². The summed E-state index contributed by atoms with van der Waals surface area (Å²) in [6.07, 6.45) is -0.368. The van der Waals surface area contributed by atoms with Gasteiger partial charge in [0.15, 0.2) is 0 Å². The van der Waals surface area contributed by atoms with Gasteiger partial charge in [0, 0.05) is 18.3 Å². The highest BCUT2D eigenvalue weighted by molar-refractivity contribution is 7.81. The molecule has 0 fully saturated rings. The predicted molar refractivity (Wildman–Crippen MR) is 73.9 cm³/mol. The Morgan fingerprint density at radius 1 is 1.32 bits per heavy atom. The number of carboxylic acids is 1. The second-order valence-electron chi connectivity index (χ2n) is 4.72. The van der Waals surface area contributed by atoms with E-state index in [-0.39, 0.29) is 13.0 Å². The molecule has 0 aliphatic heterocycles. The SMILES string of the molecule is CNC(=O)C(CN)NC(=O)C(CC(=O)O)C(C)(C)S. The summed E-state index contributed by atoms with van der Waals surface area (Å²) in [6, 6.07) is -0.885. The van der Waals surface area contributed by atoms with Crippen molar-refractivity contribution in [3.63, 3.8) is 0 Å². The predicted octanol–water partition coefficient (Wildman–Crippen LogP) is -1.02. The van der Waals surface area contributed by atoms with Crippen LogP contribution in [0.5, 0.6) is 0 Å². The van der Waals surface area contributed by atoms with Crippen LogP contribution < -0.4 is 16.4 Å². The number of amides is 2. The first-order chi connectivity index (χ1) is 8.63. The molecule has 0 saturated heterocycles. The number of carbonyl (C=O) groups is 3. The van der Waals surface area contributed by atoms with E-state index in [2.05, 4.69) is 23.3 Å². The lowest BCUT2D eigenvalue weighted by Gasteiger charge is -2.29. The Morgan fingerprint density at radius 2 is 1.84 bits per heavy atom. The van der Waals surface area contributed by atoms with Crippen molar-refractivity contribution in [1.29, 1.82) is 0 Å². The van der Waals surface area contributed by atoms with Gasteiger partial charge in [0.2, 0.25) is 11.8 Å². The van der Waals surface area contributed by atoms with Crippen molar-refractivity contribution in [2.45, 2.75) is 31.1 Å². The molecule has 0 aromatic carbocycles. The van der Waals surface area contributed by atoms with Crippen LogP contribution in [0, 0.1) is 5.92 Å². The normalized spacial score (nSPS) is 14.4. The molecule has 0 radical (unpaired) electrons. The monoisotopic (exact) mass is 291 g/mol. The average Bonchev–Trinajstić information content (AvgIpc) is 2.30. The first-order valence-corrected chi connectivity index (χ1v) is 6.24. The molecule has 0 saturated carbocycles. The van der Waals surface area contributed by atoms with Crippen LogP contribution in [0.2, 0.25) is 0 Å². The zero-order valence-electron chi connectivity index (χ0n) is 11.3. The summed E-state index contributed by atoms with van der Waals surface area (Å²) in [5.74, 6) is -2.96. The molecule has 0 bridgehead atoms. The molecular formula is C11H21N3O4S. The number of hydrogen-bond donors (Lipinski definition) is 5. The third-order valence-electron chi connectivity index (χ3n) is 2.66. The highest BCUT2D eigenvalue weighted by Crippen LogP contribution is 2.27. The van der Waals surface area contributed by atoms with Gasteiger partial charge in [-0.05, 0) is 0 Å². The molecule has 0 aromatic rings. The van der Waals surface area contributed by atoms with Gasteiger partial charge in [-0.3, -0.25) is 14.4 Å². The molecule has 2 amide bonds. The molecule has 5 N–H and O–H groups in total. The van der Waals surface area contributed by atoms with Gasteiger partial charge in [-0.2, -0.15) is 12.6 Å². The van der Waals surface area contributed by atoms with Crippen LogP contribution in [0.3, 0.4) is 0 Å². The van der Waals surface area contributed by atoms with E-state index < -0.39 is 34.5 Å². The Hall–Kier alpha value is -1.28. The molecule has 19 heavy (non-hydrogen) atoms. The average molecular weight is 291 g/mol. The molecular weight excluding hydrogens is 270 g/mol. The summed E-state index contributed by atoms with van der Waals surface area (Å²) in [5.41, 5.74) is 5.40. The van der Waals surface area contributed by atoms with Crippen LogP contribution in [0.4, 0.5) is 0 Å². The van der Waals surface area contributed by atoms with Gasteiger partial charge >= 0.3 is 5.97 Å². The number of carboxylic acid groups (broad SMARTS) is 1. The Labute approximate surface area is 117 Å². The lowest BCUT2D eigenvalue weighted by Crippen LogP contribution is -2.53. The molecule has 2 atom stereocenters. The van der Waals surface area contributed by atoms with Crippen LogP contribution in [-0.4, -0.2) is 47.3 Å². The van der Waals surface area contributed by atoms with Crippen LogP contribution in [0.1, 0.15) is 20.3 Å². The van der Waals surface area contributed by atoms with Gasteiger partial charge < -0.3 is 21.5 Å². The van der Waals surface area contributed by atoms with Gasteiger partial charge in [0.05, 0.1) is 12.3 Å². The van der Waals surface area contributed by atoms with Crippen molar-refractivity contribution in [3.8, 4) is 0 Å². The van der Waals surface area contributed by atoms with Gasteiger partial charge in [-0.1, -0.05) is 13.8 Å². The molecule has 7 nitrogen and oxygen atoms in total. The minimum Gasteiger partial charge on any atom is -0.481 e. The van der Waals surface area contributed by atoms with E-state index in [1.165, 1.54) is 7.05 Å². The van der Waals surface area contributed by atoms with Crippen LogP contribution >= 0.6 is 12.6 Å². The van der Waals surface area contributed by atoms with E-state index >= 15 is 0 Å². The fraction of sp³-hybridized carbons (Fsp3) is 0.727. The Balaban J connectivity index is 4.91. The third-order valence-corrected chi connectivity index (χ3v) is 2.97. The Kier molecular flexibility index (Phi) is 6.85. The molecule has 0 heterocycles. The molecule has 0 rings (SSSR count). The zero-order valence-corrected chi connectivity index (χ0v) is 12.2. The molecule has 8 heteroatoms. The highest BCUT2D eigenvalue weighted by Gasteiger charge is 2.35. The highest BCUT2D eigenvalue weighted by atomic mass is 32.1. The summed E-state index contributed by atoms with van der Waals surface area (Å²) >= 11 is 4.23.